The number of anilines is 1. The zero-order valence-corrected chi connectivity index (χ0v) is 13.3. The second kappa shape index (κ2) is 6.70. The van der Waals surface area contributed by atoms with E-state index >= 15 is 0 Å². The average molecular weight is 336 g/mol. The molecule has 2 heterocycles. The van der Waals surface area contributed by atoms with E-state index in [2.05, 4.69) is 5.32 Å². The van der Waals surface area contributed by atoms with E-state index in [9.17, 15) is 18.8 Å². The summed E-state index contributed by atoms with van der Waals surface area (Å²) in [5.41, 5.74) is 1.54. The lowest BCUT2D eigenvalue weighted by Crippen LogP contribution is -2.38. The first-order chi connectivity index (χ1) is 11.0. The summed E-state index contributed by atoms with van der Waals surface area (Å²) in [6.07, 6.45) is 1.41. The van der Waals surface area contributed by atoms with E-state index in [0.29, 0.717) is 19.4 Å². The molecule has 1 aromatic carbocycles. The van der Waals surface area contributed by atoms with Crippen molar-refractivity contribution < 1.29 is 18.8 Å². The Labute approximate surface area is 137 Å². The molecule has 0 bridgehead atoms. The quantitative estimate of drug-likeness (QED) is 0.908. The van der Waals surface area contributed by atoms with Crippen molar-refractivity contribution in [3.8, 4) is 0 Å². The Hall–Kier alpha value is -1.89. The van der Waals surface area contributed by atoms with Gasteiger partial charge >= 0.3 is 0 Å². The summed E-state index contributed by atoms with van der Waals surface area (Å²) in [4.78, 5) is 37.2. The highest BCUT2D eigenvalue weighted by Crippen LogP contribution is 2.29. The Bertz CT molecular complexity index is 665. The van der Waals surface area contributed by atoms with Gasteiger partial charge in [0, 0.05) is 30.8 Å². The van der Waals surface area contributed by atoms with Crippen LogP contribution in [0.4, 0.5) is 10.1 Å². The minimum absolute atomic E-state index is 0.0137. The summed E-state index contributed by atoms with van der Waals surface area (Å²) in [7, 11) is 0. The molecular weight excluding hydrogens is 319 g/mol. The van der Waals surface area contributed by atoms with Crippen LogP contribution in [0.25, 0.3) is 0 Å². The van der Waals surface area contributed by atoms with Crippen LogP contribution < -0.4 is 10.2 Å². The molecule has 0 saturated carbocycles. The molecule has 1 unspecified atom stereocenters. The van der Waals surface area contributed by atoms with E-state index in [1.165, 1.54) is 23.9 Å². The molecule has 2 amide bonds. The van der Waals surface area contributed by atoms with Gasteiger partial charge in [-0.1, -0.05) is 11.8 Å². The summed E-state index contributed by atoms with van der Waals surface area (Å²) >= 11 is 1.23. The Morgan fingerprint density at radius 3 is 2.91 bits per heavy atom. The number of thioether (sulfide) groups is 1. The van der Waals surface area contributed by atoms with Crippen molar-refractivity contribution in [2.24, 2.45) is 0 Å². The topological polar surface area (TPSA) is 66.5 Å². The lowest BCUT2D eigenvalue weighted by Gasteiger charge is -2.17. The van der Waals surface area contributed by atoms with Crippen molar-refractivity contribution in [2.75, 3.05) is 17.2 Å². The van der Waals surface area contributed by atoms with Crippen molar-refractivity contribution in [2.45, 2.75) is 31.7 Å². The summed E-state index contributed by atoms with van der Waals surface area (Å²) in [6, 6.07) is 3.96. The standard InChI is InChI=1S/C16H17FN2O3S/c17-11-1-2-13-10(9-11)5-7-19(13)15(21)4-3-14(20)18-12-6-8-23-16(12)22/h1-2,9,12H,3-8H2,(H,18,20). The van der Waals surface area contributed by atoms with Crippen LogP contribution in [0, 0.1) is 5.82 Å². The van der Waals surface area contributed by atoms with Gasteiger partial charge < -0.3 is 10.2 Å². The molecule has 1 N–H and O–H groups in total. The number of fused-ring (bicyclic) bond motifs is 1. The molecule has 1 aromatic rings. The molecule has 1 atom stereocenters. The number of hydrogen-bond acceptors (Lipinski definition) is 4. The predicted molar refractivity (Wildman–Crippen MR) is 85.7 cm³/mol. The zero-order valence-electron chi connectivity index (χ0n) is 12.5. The third-order valence-electron chi connectivity index (χ3n) is 4.07. The molecule has 122 valence electrons. The third-order valence-corrected chi connectivity index (χ3v) is 5.08. The van der Waals surface area contributed by atoms with Crippen molar-refractivity contribution >= 4 is 34.4 Å². The maximum Gasteiger partial charge on any atom is 0.227 e. The number of hydrogen-bond donors (Lipinski definition) is 1. The minimum atomic E-state index is -0.418. The zero-order chi connectivity index (χ0) is 16.4. The van der Waals surface area contributed by atoms with Gasteiger partial charge in [-0.05, 0) is 36.6 Å². The highest BCUT2D eigenvalue weighted by molar-refractivity contribution is 8.14. The van der Waals surface area contributed by atoms with Crippen LogP contribution in [0.5, 0.6) is 0 Å². The fourth-order valence-electron chi connectivity index (χ4n) is 2.88. The Balaban J connectivity index is 1.52. The highest BCUT2D eigenvalue weighted by Gasteiger charge is 2.28. The SMILES string of the molecule is O=C(CCC(=O)N1CCc2cc(F)ccc21)NC1CCSC1=O. The molecule has 3 rings (SSSR count). The van der Waals surface area contributed by atoms with Crippen LogP contribution >= 0.6 is 11.8 Å². The van der Waals surface area contributed by atoms with E-state index < -0.39 is 6.04 Å². The summed E-state index contributed by atoms with van der Waals surface area (Å²) < 4.78 is 13.2. The number of nitrogens with one attached hydrogen (secondary N) is 1. The molecule has 5 nitrogen and oxygen atoms in total. The van der Waals surface area contributed by atoms with Crippen molar-refractivity contribution in [3.05, 3.63) is 29.6 Å². The second-order valence-corrected chi connectivity index (χ2v) is 6.74. The molecule has 0 aliphatic carbocycles. The van der Waals surface area contributed by atoms with Gasteiger partial charge in [0.25, 0.3) is 0 Å². The van der Waals surface area contributed by atoms with E-state index in [1.807, 2.05) is 0 Å². The van der Waals surface area contributed by atoms with E-state index in [0.717, 1.165) is 17.0 Å². The van der Waals surface area contributed by atoms with Crippen LogP contribution in [0.3, 0.4) is 0 Å². The lowest BCUT2D eigenvalue weighted by molar-refractivity contribution is -0.126. The first kappa shape index (κ1) is 16.0. The summed E-state index contributed by atoms with van der Waals surface area (Å²) in [6.45, 7) is 0.511. The molecule has 0 spiro atoms. The molecular formula is C16H17FN2O3S. The molecule has 1 fully saturated rings. The van der Waals surface area contributed by atoms with Gasteiger partial charge in [-0.25, -0.2) is 4.39 Å². The monoisotopic (exact) mass is 336 g/mol. The fraction of sp³-hybridized carbons (Fsp3) is 0.438. The molecule has 1 saturated heterocycles. The van der Waals surface area contributed by atoms with Gasteiger partial charge in [0.2, 0.25) is 16.9 Å². The summed E-state index contributed by atoms with van der Waals surface area (Å²) in [5.74, 6) is -0.0176. The number of carbonyl (C=O) groups excluding carboxylic acids is 3. The van der Waals surface area contributed by atoms with Crippen LogP contribution in [-0.4, -0.2) is 35.3 Å². The first-order valence-electron chi connectivity index (χ1n) is 7.59. The van der Waals surface area contributed by atoms with E-state index in [4.69, 9.17) is 0 Å². The first-order valence-corrected chi connectivity index (χ1v) is 8.58. The molecule has 7 heteroatoms. The van der Waals surface area contributed by atoms with Crippen molar-refractivity contribution in [3.63, 3.8) is 0 Å². The average Bonchev–Trinajstić information content (AvgIpc) is 3.11. The van der Waals surface area contributed by atoms with Gasteiger partial charge in [-0.3, -0.25) is 14.4 Å². The Kier molecular flexibility index (Phi) is 4.66. The summed E-state index contributed by atoms with van der Waals surface area (Å²) in [5, 5.41) is 2.66. The number of halogens is 1. The van der Waals surface area contributed by atoms with Gasteiger partial charge in [0.15, 0.2) is 0 Å². The maximum absolute atomic E-state index is 13.2. The predicted octanol–water partition coefficient (Wildman–Crippen LogP) is 1.64. The van der Waals surface area contributed by atoms with Crippen molar-refractivity contribution in [1.29, 1.82) is 0 Å². The number of nitrogens with zero attached hydrogens (tertiary/aromatic N) is 1. The van der Waals surface area contributed by atoms with Crippen LogP contribution in [-0.2, 0) is 20.8 Å². The minimum Gasteiger partial charge on any atom is -0.345 e. The highest BCUT2D eigenvalue weighted by atomic mass is 32.2. The normalized spacial score (nSPS) is 19.8. The Morgan fingerprint density at radius 1 is 1.35 bits per heavy atom. The lowest BCUT2D eigenvalue weighted by atomic mass is 10.1. The van der Waals surface area contributed by atoms with Crippen LogP contribution in [0.15, 0.2) is 18.2 Å². The van der Waals surface area contributed by atoms with Crippen LogP contribution in [0.1, 0.15) is 24.8 Å². The van der Waals surface area contributed by atoms with E-state index in [1.54, 1.807) is 11.0 Å². The van der Waals surface area contributed by atoms with Gasteiger partial charge in [-0.15, -0.1) is 0 Å². The maximum atomic E-state index is 13.2. The number of carbonyl (C=O) groups is 3. The molecule has 23 heavy (non-hydrogen) atoms. The molecule has 2 aliphatic rings. The van der Waals surface area contributed by atoms with Gasteiger partial charge in [0.05, 0.1) is 6.04 Å². The number of amides is 2. The Morgan fingerprint density at radius 2 is 2.17 bits per heavy atom. The number of rotatable bonds is 4. The molecule has 0 aromatic heterocycles. The fourth-order valence-corrected chi connectivity index (χ4v) is 3.81. The molecule has 2 aliphatic heterocycles. The number of benzene rings is 1. The van der Waals surface area contributed by atoms with Crippen molar-refractivity contribution in [1.82, 2.24) is 5.32 Å². The van der Waals surface area contributed by atoms with Crippen LogP contribution in [0.2, 0.25) is 0 Å². The largest absolute Gasteiger partial charge is 0.345 e. The second-order valence-electron chi connectivity index (χ2n) is 5.64. The van der Waals surface area contributed by atoms with Gasteiger partial charge in [-0.2, -0.15) is 0 Å². The van der Waals surface area contributed by atoms with Gasteiger partial charge in [0.1, 0.15) is 5.82 Å². The molecule has 0 radical (unpaired) electrons. The smallest absolute Gasteiger partial charge is 0.227 e. The van der Waals surface area contributed by atoms with E-state index in [-0.39, 0.29) is 35.6 Å². The third kappa shape index (κ3) is 3.55.